The van der Waals surface area contributed by atoms with Crippen LogP contribution in [-0.2, 0) is 28.3 Å². The minimum absolute atomic E-state index is 0.0365. The fraction of sp³-hybridized carbons (Fsp3) is 0.444. The largest absolute Gasteiger partial charge is 0.491 e. The van der Waals surface area contributed by atoms with E-state index in [9.17, 15) is 13.2 Å². The van der Waals surface area contributed by atoms with Crippen LogP contribution >= 0.6 is 0 Å². The van der Waals surface area contributed by atoms with Crippen molar-refractivity contribution in [1.29, 1.82) is 0 Å². The summed E-state index contributed by atoms with van der Waals surface area (Å²) in [6, 6.07) is 6.55. The molecule has 2 rings (SSSR count). The van der Waals surface area contributed by atoms with Gasteiger partial charge in [0.1, 0.15) is 11.5 Å². The van der Waals surface area contributed by atoms with Crippen molar-refractivity contribution in [1.82, 2.24) is 15.1 Å². The number of benzene rings is 1. The van der Waals surface area contributed by atoms with E-state index in [0.717, 1.165) is 12.0 Å². The molecule has 2 aromatic rings. The number of nitrogens with one attached hydrogen (secondary N) is 2. The summed E-state index contributed by atoms with van der Waals surface area (Å²) in [6.45, 7) is 4.22. The number of rotatable bonds is 10. The maximum Gasteiger partial charge on any atom is 0.241 e. The quantitative estimate of drug-likeness (QED) is 0.597. The average molecular weight is 394 g/mol. The third-order valence-corrected chi connectivity index (χ3v) is 4.73. The molecule has 0 saturated carbocycles. The van der Waals surface area contributed by atoms with Crippen LogP contribution in [0.15, 0.2) is 36.7 Å². The molecule has 1 aromatic heterocycles. The number of carbonyl (C=O) groups is 1. The van der Waals surface area contributed by atoms with Gasteiger partial charge in [0.2, 0.25) is 15.9 Å². The number of amides is 1. The molecule has 0 aliphatic rings. The molecule has 1 amide bonds. The number of ether oxygens (including phenoxy) is 1. The standard InChI is InChI=1S/C18H26N4O4S/c1-14(2)26-17-8-6-16(7-9-17)21-27(24,25)13-18(23)19-10-4-5-15-11-20-22(3)12-15/h6-9,11-12,14,21H,4-5,10,13H2,1-3H3,(H,19,23). The second kappa shape index (κ2) is 9.40. The van der Waals surface area contributed by atoms with Crippen LogP contribution in [0.4, 0.5) is 5.69 Å². The van der Waals surface area contributed by atoms with Crippen molar-refractivity contribution in [2.24, 2.45) is 7.05 Å². The minimum Gasteiger partial charge on any atom is -0.491 e. The Morgan fingerprint density at radius 1 is 1.26 bits per heavy atom. The van der Waals surface area contributed by atoms with E-state index in [2.05, 4.69) is 15.1 Å². The van der Waals surface area contributed by atoms with Crippen LogP contribution in [0.25, 0.3) is 0 Å². The van der Waals surface area contributed by atoms with Crippen molar-refractivity contribution in [3.8, 4) is 5.75 Å². The van der Waals surface area contributed by atoms with E-state index in [1.807, 2.05) is 27.1 Å². The molecule has 0 fully saturated rings. The summed E-state index contributed by atoms with van der Waals surface area (Å²) in [6.07, 6.45) is 5.20. The molecular formula is C18H26N4O4S. The fourth-order valence-corrected chi connectivity index (χ4v) is 3.45. The smallest absolute Gasteiger partial charge is 0.241 e. The minimum atomic E-state index is -3.77. The van der Waals surface area contributed by atoms with E-state index < -0.39 is 21.7 Å². The molecule has 2 N–H and O–H groups in total. The molecule has 1 heterocycles. The van der Waals surface area contributed by atoms with Gasteiger partial charge < -0.3 is 10.1 Å². The topological polar surface area (TPSA) is 102 Å². The van der Waals surface area contributed by atoms with Crippen LogP contribution < -0.4 is 14.8 Å². The fourth-order valence-electron chi connectivity index (χ4n) is 2.43. The number of sulfonamides is 1. The Bertz CT molecular complexity index is 845. The lowest BCUT2D eigenvalue weighted by Crippen LogP contribution is -2.33. The molecule has 0 aliphatic heterocycles. The molecule has 0 saturated heterocycles. The highest BCUT2D eigenvalue weighted by Gasteiger charge is 2.16. The van der Waals surface area contributed by atoms with E-state index in [-0.39, 0.29) is 6.10 Å². The molecule has 0 unspecified atom stereocenters. The highest BCUT2D eigenvalue weighted by atomic mass is 32.2. The predicted molar refractivity (Wildman–Crippen MR) is 104 cm³/mol. The van der Waals surface area contributed by atoms with Crippen LogP contribution in [0.3, 0.4) is 0 Å². The average Bonchev–Trinajstić information content (AvgIpc) is 2.97. The van der Waals surface area contributed by atoms with Gasteiger partial charge in [-0.1, -0.05) is 0 Å². The summed E-state index contributed by atoms with van der Waals surface area (Å²) in [5.41, 5.74) is 1.46. The van der Waals surface area contributed by atoms with Gasteiger partial charge in [-0.3, -0.25) is 14.2 Å². The number of carbonyl (C=O) groups excluding carboxylic acids is 1. The maximum absolute atomic E-state index is 12.1. The summed E-state index contributed by atoms with van der Waals surface area (Å²) >= 11 is 0. The number of hydrogen-bond acceptors (Lipinski definition) is 5. The van der Waals surface area contributed by atoms with Crippen molar-refractivity contribution in [2.75, 3.05) is 17.0 Å². The van der Waals surface area contributed by atoms with Gasteiger partial charge in [-0.05, 0) is 56.5 Å². The summed E-state index contributed by atoms with van der Waals surface area (Å²) in [4.78, 5) is 11.9. The van der Waals surface area contributed by atoms with Gasteiger partial charge in [0.15, 0.2) is 0 Å². The molecule has 0 aliphatic carbocycles. The molecule has 148 valence electrons. The highest BCUT2D eigenvalue weighted by molar-refractivity contribution is 7.93. The summed E-state index contributed by atoms with van der Waals surface area (Å²) in [5.74, 6) is -0.503. The van der Waals surface area contributed by atoms with Gasteiger partial charge in [-0.15, -0.1) is 0 Å². The monoisotopic (exact) mass is 394 g/mol. The van der Waals surface area contributed by atoms with Crippen molar-refractivity contribution >= 4 is 21.6 Å². The normalized spacial score (nSPS) is 11.4. The second-order valence-electron chi connectivity index (χ2n) is 6.53. The van der Waals surface area contributed by atoms with E-state index in [1.165, 1.54) is 0 Å². The molecule has 0 bridgehead atoms. The number of anilines is 1. The van der Waals surface area contributed by atoms with E-state index in [4.69, 9.17) is 4.74 Å². The second-order valence-corrected chi connectivity index (χ2v) is 8.25. The SMILES string of the molecule is CC(C)Oc1ccc(NS(=O)(=O)CC(=O)NCCCc2cnn(C)c2)cc1. The maximum atomic E-state index is 12.1. The lowest BCUT2D eigenvalue weighted by Gasteiger charge is -2.11. The van der Waals surface area contributed by atoms with Gasteiger partial charge in [-0.2, -0.15) is 5.10 Å². The molecular weight excluding hydrogens is 368 g/mol. The van der Waals surface area contributed by atoms with Gasteiger partial charge in [0.05, 0.1) is 12.3 Å². The molecule has 8 nitrogen and oxygen atoms in total. The molecule has 1 aromatic carbocycles. The third kappa shape index (κ3) is 7.69. The van der Waals surface area contributed by atoms with Crippen LogP contribution in [0.5, 0.6) is 5.75 Å². The van der Waals surface area contributed by atoms with Crippen molar-refractivity contribution < 1.29 is 17.9 Å². The first-order valence-electron chi connectivity index (χ1n) is 8.75. The number of aryl methyl sites for hydroxylation is 2. The van der Waals surface area contributed by atoms with E-state index in [1.54, 1.807) is 35.1 Å². The molecule has 0 atom stereocenters. The Labute approximate surface area is 160 Å². The van der Waals surface area contributed by atoms with Gasteiger partial charge in [0, 0.05) is 25.5 Å². The van der Waals surface area contributed by atoms with E-state index in [0.29, 0.717) is 24.4 Å². The summed E-state index contributed by atoms with van der Waals surface area (Å²) in [7, 11) is -1.93. The first-order chi connectivity index (χ1) is 12.7. The van der Waals surface area contributed by atoms with Crippen LogP contribution in [-0.4, -0.2) is 42.5 Å². The van der Waals surface area contributed by atoms with Crippen LogP contribution in [0.1, 0.15) is 25.8 Å². The van der Waals surface area contributed by atoms with Crippen LogP contribution in [0, 0.1) is 0 Å². The van der Waals surface area contributed by atoms with Crippen molar-refractivity contribution in [2.45, 2.75) is 32.8 Å². The lowest BCUT2D eigenvalue weighted by molar-refractivity contribution is -0.118. The molecule has 0 radical (unpaired) electrons. The molecule has 9 heteroatoms. The summed E-state index contributed by atoms with van der Waals surface area (Å²) in [5, 5.41) is 6.70. The molecule has 27 heavy (non-hydrogen) atoms. The number of aromatic nitrogens is 2. The van der Waals surface area contributed by atoms with Gasteiger partial charge in [0.25, 0.3) is 0 Å². The lowest BCUT2D eigenvalue weighted by atomic mass is 10.2. The predicted octanol–water partition coefficient (Wildman–Crippen LogP) is 1.70. The third-order valence-electron chi connectivity index (χ3n) is 3.54. The first kappa shape index (κ1) is 20.8. The van der Waals surface area contributed by atoms with Gasteiger partial charge in [-0.25, -0.2) is 8.42 Å². The van der Waals surface area contributed by atoms with Crippen LogP contribution in [0.2, 0.25) is 0 Å². The van der Waals surface area contributed by atoms with Crippen molar-refractivity contribution in [3.05, 3.63) is 42.2 Å². The first-order valence-corrected chi connectivity index (χ1v) is 10.4. The highest BCUT2D eigenvalue weighted by Crippen LogP contribution is 2.17. The Hall–Kier alpha value is -2.55. The number of nitrogens with zero attached hydrogens (tertiary/aromatic N) is 2. The zero-order valence-corrected chi connectivity index (χ0v) is 16.6. The summed E-state index contributed by atoms with van der Waals surface area (Å²) < 4.78 is 33.8. The van der Waals surface area contributed by atoms with Crippen molar-refractivity contribution in [3.63, 3.8) is 0 Å². The number of hydrogen-bond donors (Lipinski definition) is 2. The Kier molecular flexibility index (Phi) is 7.23. The Balaban J connectivity index is 1.74. The zero-order chi connectivity index (χ0) is 19.9. The van der Waals surface area contributed by atoms with Gasteiger partial charge >= 0.3 is 0 Å². The Morgan fingerprint density at radius 2 is 1.96 bits per heavy atom. The molecule has 0 spiro atoms. The van der Waals surface area contributed by atoms with E-state index >= 15 is 0 Å². The Morgan fingerprint density at radius 3 is 2.56 bits per heavy atom. The zero-order valence-electron chi connectivity index (χ0n) is 15.8.